The number of nitrogens with zero attached hydrogens (tertiary/aromatic N) is 2. The zero-order valence-corrected chi connectivity index (χ0v) is 16.6. The van der Waals surface area contributed by atoms with E-state index in [1.54, 1.807) is 0 Å². The van der Waals surface area contributed by atoms with Crippen molar-refractivity contribution in [2.75, 3.05) is 0 Å². The number of pyridine rings is 1. The zero-order valence-electron chi connectivity index (χ0n) is 14.9. The number of nitrogens with one attached hydrogen (secondary N) is 1. The number of amides is 1. The van der Waals surface area contributed by atoms with Crippen LogP contribution in [0.15, 0.2) is 18.2 Å². The number of carbonyl (C=O) groups excluding carboxylic acids is 1. The Labute approximate surface area is 155 Å². The van der Waals surface area contributed by atoms with Gasteiger partial charge >= 0.3 is 0 Å². The number of hydrogen-bond donors (Lipinski definition) is 1. The predicted octanol–water partition coefficient (Wildman–Crippen LogP) is 4.87. The molecule has 2 aliphatic rings. The zero-order chi connectivity index (χ0) is 17.4. The van der Waals surface area contributed by atoms with Gasteiger partial charge in [-0.1, -0.05) is 43.4 Å². The summed E-state index contributed by atoms with van der Waals surface area (Å²) in [6, 6.07) is 11.9. The van der Waals surface area contributed by atoms with Gasteiger partial charge in [-0.3, -0.25) is 4.79 Å². The molecule has 0 aromatic carbocycles. The molecule has 2 aromatic heterocycles. The van der Waals surface area contributed by atoms with Gasteiger partial charge in [0.1, 0.15) is 5.69 Å². The summed E-state index contributed by atoms with van der Waals surface area (Å²) >= 11 is 6.36. The van der Waals surface area contributed by atoms with E-state index >= 15 is 0 Å². The summed E-state index contributed by atoms with van der Waals surface area (Å²) < 4.78 is 1.40. The number of fused-ring (bicyclic) bond motifs is 1. The van der Waals surface area contributed by atoms with Crippen LogP contribution in [-0.4, -0.2) is 29.1 Å². The van der Waals surface area contributed by atoms with Crippen LogP contribution in [0.5, 0.6) is 0 Å². The molecule has 2 aromatic rings. The molecule has 0 unspecified atom stereocenters. The third-order valence-corrected chi connectivity index (χ3v) is 12.1. The smallest absolute Gasteiger partial charge is 0.269 e. The molecule has 1 spiro atoms. The normalized spacial score (nSPS) is 20.9. The van der Waals surface area contributed by atoms with E-state index < -0.39 is 8.07 Å². The maximum absolute atomic E-state index is 12.7. The summed E-state index contributed by atoms with van der Waals surface area (Å²) in [4.78, 5) is 17.2. The number of aryl methyl sites for hydroxylation is 1. The molecule has 0 saturated carbocycles. The second-order valence-corrected chi connectivity index (χ2v) is 13.3. The summed E-state index contributed by atoms with van der Waals surface area (Å²) in [6.45, 7) is 1.93. The van der Waals surface area contributed by atoms with Gasteiger partial charge in [0.15, 0.2) is 5.65 Å². The highest BCUT2D eigenvalue weighted by molar-refractivity contribution is 6.80. The minimum atomic E-state index is -0.978. The Morgan fingerprint density at radius 1 is 1.20 bits per heavy atom. The lowest BCUT2D eigenvalue weighted by Gasteiger charge is -2.41. The first kappa shape index (κ1) is 17.1. The first-order valence-electron chi connectivity index (χ1n) is 9.53. The largest absolute Gasteiger partial charge is 0.348 e. The average Bonchev–Trinajstić information content (AvgIpc) is 2.94. The molecule has 2 aliphatic heterocycles. The molecule has 6 heteroatoms. The molecule has 0 aliphatic carbocycles. The topological polar surface area (TPSA) is 46.9 Å². The second kappa shape index (κ2) is 6.76. The van der Waals surface area contributed by atoms with Crippen molar-refractivity contribution in [1.29, 1.82) is 0 Å². The lowest BCUT2D eigenvalue weighted by molar-refractivity contribution is 0.0928. The lowest BCUT2D eigenvalue weighted by Crippen LogP contribution is -2.46. The van der Waals surface area contributed by atoms with Gasteiger partial charge in [-0.2, -0.15) is 0 Å². The first-order chi connectivity index (χ1) is 12.1. The van der Waals surface area contributed by atoms with Gasteiger partial charge in [-0.15, -0.1) is 0 Å². The molecule has 2 fully saturated rings. The van der Waals surface area contributed by atoms with E-state index in [1.807, 2.05) is 25.1 Å². The standard InChI is InChI=1S/C19H26ClN3OSi/c1-14-5-6-15-13-17(23(20)18(15)21-14)19(24)22-16-7-11-25(12-8-16)9-3-2-4-10-25/h5-6,13,16H,2-4,7-12H2,1H3,(H,22,24). The Kier molecular flexibility index (Phi) is 4.63. The van der Waals surface area contributed by atoms with Gasteiger partial charge < -0.3 is 5.32 Å². The fraction of sp³-hybridized carbons (Fsp3) is 0.579. The molecule has 0 bridgehead atoms. The van der Waals surface area contributed by atoms with Gasteiger partial charge in [-0.05, 0) is 38.0 Å². The quantitative estimate of drug-likeness (QED) is 0.761. The van der Waals surface area contributed by atoms with Crippen molar-refractivity contribution in [3.63, 3.8) is 0 Å². The minimum Gasteiger partial charge on any atom is -0.348 e. The molecule has 1 amide bonds. The van der Waals surface area contributed by atoms with Crippen LogP contribution >= 0.6 is 11.8 Å². The predicted molar refractivity (Wildman–Crippen MR) is 105 cm³/mol. The Morgan fingerprint density at radius 2 is 1.92 bits per heavy atom. The van der Waals surface area contributed by atoms with Crippen molar-refractivity contribution in [2.24, 2.45) is 0 Å². The van der Waals surface area contributed by atoms with Crippen LogP contribution in [-0.2, 0) is 0 Å². The molecule has 134 valence electrons. The van der Waals surface area contributed by atoms with Crippen molar-refractivity contribution in [2.45, 2.75) is 69.2 Å². The summed E-state index contributed by atoms with van der Waals surface area (Å²) in [5.41, 5.74) is 2.04. The molecule has 4 rings (SSSR count). The maximum Gasteiger partial charge on any atom is 0.269 e. The minimum absolute atomic E-state index is 0.0723. The van der Waals surface area contributed by atoms with Crippen molar-refractivity contribution < 1.29 is 4.79 Å². The molecule has 1 N–H and O–H groups in total. The third kappa shape index (κ3) is 3.36. The van der Waals surface area contributed by atoms with E-state index in [4.69, 9.17) is 11.8 Å². The molecule has 0 radical (unpaired) electrons. The van der Waals surface area contributed by atoms with Gasteiger partial charge in [0.25, 0.3) is 5.91 Å². The van der Waals surface area contributed by atoms with E-state index in [2.05, 4.69) is 10.3 Å². The highest BCUT2D eigenvalue weighted by atomic mass is 35.5. The molecule has 0 atom stereocenters. The van der Waals surface area contributed by atoms with Crippen molar-refractivity contribution in [3.8, 4) is 0 Å². The van der Waals surface area contributed by atoms with Gasteiger partial charge in [-0.25, -0.2) is 9.07 Å². The van der Waals surface area contributed by atoms with Crippen LogP contribution in [0.25, 0.3) is 11.0 Å². The third-order valence-electron chi connectivity index (χ3n) is 6.26. The van der Waals surface area contributed by atoms with Gasteiger partial charge in [0, 0.05) is 28.9 Å². The highest BCUT2D eigenvalue weighted by Gasteiger charge is 2.38. The number of carbonyl (C=O) groups is 1. The van der Waals surface area contributed by atoms with Crippen LogP contribution in [0.1, 0.15) is 48.3 Å². The van der Waals surface area contributed by atoms with Crippen molar-refractivity contribution in [3.05, 3.63) is 29.6 Å². The Balaban J connectivity index is 1.43. The van der Waals surface area contributed by atoms with Crippen LogP contribution < -0.4 is 5.32 Å². The monoisotopic (exact) mass is 375 g/mol. The van der Waals surface area contributed by atoms with E-state index in [1.165, 1.54) is 47.5 Å². The van der Waals surface area contributed by atoms with Crippen LogP contribution in [0.3, 0.4) is 0 Å². The van der Waals surface area contributed by atoms with Gasteiger partial charge in [0.05, 0.1) is 8.07 Å². The molecular formula is C19H26ClN3OSi. The number of hydrogen-bond acceptors (Lipinski definition) is 2. The summed E-state index contributed by atoms with van der Waals surface area (Å²) in [6.07, 6.45) is 6.63. The number of halogens is 1. The van der Waals surface area contributed by atoms with E-state index in [-0.39, 0.29) is 5.91 Å². The SMILES string of the molecule is Cc1ccc2cc(C(=O)NC3CC[Si]4(CCCCC4)CC3)n(Cl)c2n1. The summed E-state index contributed by atoms with van der Waals surface area (Å²) in [7, 11) is -0.978. The second-order valence-electron chi connectivity index (χ2n) is 7.98. The van der Waals surface area contributed by atoms with Gasteiger partial charge in [0.2, 0.25) is 0 Å². The molecule has 25 heavy (non-hydrogen) atoms. The Morgan fingerprint density at radius 3 is 2.64 bits per heavy atom. The van der Waals surface area contributed by atoms with E-state index in [0.29, 0.717) is 17.4 Å². The fourth-order valence-corrected chi connectivity index (χ4v) is 10.4. The number of aromatic nitrogens is 2. The first-order valence-corrected chi connectivity index (χ1v) is 12.7. The molecule has 2 saturated heterocycles. The molecule has 4 heterocycles. The van der Waals surface area contributed by atoms with Crippen molar-refractivity contribution >= 4 is 36.8 Å². The lowest BCUT2D eigenvalue weighted by atomic mass is 10.1. The maximum atomic E-state index is 12.7. The van der Waals surface area contributed by atoms with Crippen LogP contribution in [0.4, 0.5) is 0 Å². The molecule has 4 nitrogen and oxygen atoms in total. The average molecular weight is 376 g/mol. The van der Waals surface area contributed by atoms with E-state index in [9.17, 15) is 4.79 Å². The number of rotatable bonds is 2. The molecular weight excluding hydrogens is 350 g/mol. The van der Waals surface area contributed by atoms with Crippen molar-refractivity contribution in [1.82, 2.24) is 14.4 Å². The van der Waals surface area contributed by atoms with Crippen LogP contribution in [0, 0.1) is 6.92 Å². The van der Waals surface area contributed by atoms with Crippen LogP contribution in [0.2, 0.25) is 24.2 Å². The Hall–Kier alpha value is -1.33. The Bertz CT molecular complexity index is 787. The fourth-order valence-electron chi connectivity index (χ4n) is 4.73. The van der Waals surface area contributed by atoms with E-state index in [0.717, 1.165) is 23.9 Å². The summed E-state index contributed by atoms with van der Waals surface area (Å²) in [5, 5.41) is 4.13. The highest BCUT2D eigenvalue weighted by Crippen LogP contribution is 2.40. The summed E-state index contributed by atoms with van der Waals surface area (Å²) in [5.74, 6) is -0.0723.